The second kappa shape index (κ2) is 6.04. The van der Waals surface area contributed by atoms with Crippen LogP contribution in [0.15, 0.2) is 42.5 Å². The van der Waals surface area contributed by atoms with E-state index in [4.69, 9.17) is 17.3 Å². The van der Waals surface area contributed by atoms with Crippen LogP contribution in [0.3, 0.4) is 0 Å². The van der Waals surface area contributed by atoms with Crippen molar-refractivity contribution >= 4 is 34.2 Å². The lowest BCUT2D eigenvalue weighted by molar-refractivity contribution is 0.718. The van der Waals surface area contributed by atoms with Crippen molar-refractivity contribution in [1.82, 2.24) is 0 Å². The topological polar surface area (TPSA) is 26.0 Å². The molecule has 2 aromatic carbocycles. The maximum Gasteiger partial charge on any atom is 0.0441 e. The minimum atomic E-state index is -0.0155. The van der Waals surface area contributed by atoms with Crippen LogP contribution in [0.5, 0.6) is 0 Å². The van der Waals surface area contributed by atoms with Crippen LogP contribution in [0, 0.1) is 10.5 Å². The first-order valence-corrected chi connectivity index (χ1v) is 7.28. The highest BCUT2D eigenvalue weighted by Gasteiger charge is 2.11. The fraction of sp³-hybridized carbons (Fsp3) is 0.200. The number of halogens is 2. The summed E-state index contributed by atoms with van der Waals surface area (Å²) in [5.41, 5.74) is 9.73. The summed E-state index contributed by atoms with van der Waals surface area (Å²) in [6.07, 6.45) is 0.763. The van der Waals surface area contributed by atoms with E-state index in [-0.39, 0.29) is 6.04 Å². The van der Waals surface area contributed by atoms with E-state index in [0.717, 1.165) is 17.0 Å². The summed E-state index contributed by atoms with van der Waals surface area (Å²) in [5, 5.41) is 0.802. The van der Waals surface area contributed by atoms with Gasteiger partial charge in [0.05, 0.1) is 0 Å². The van der Waals surface area contributed by atoms with Crippen LogP contribution in [0.2, 0.25) is 5.02 Å². The molecule has 0 bridgehead atoms. The van der Waals surface area contributed by atoms with E-state index in [9.17, 15) is 0 Å². The Morgan fingerprint density at radius 3 is 2.61 bits per heavy atom. The third-order valence-electron chi connectivity index (χ3n) is 2.95. The summed E-state index contributed by atoms with van der Waals surface area (Å²) in [5.74, 6) is 0. The van der Waals surface area contributed by atoms with Crippen LogP contribution in [0.1, 0.15) is 22.7 Å². The highest BCUT2D eigenvalue weighted by Crippen LogP contribution is 2.25. The van der Waals surface area contributed by atoms with Crippen LogP contribution in [0.25, 0.3) is 0 Å². The van der Waals surface area contributed by atoms with Crippen LogP contribution >= 0.6 is 34.2 Å². The first kappa shape index (κ1) is 13.8. The fourth-order valence-corrected chi connectivity index (χ4v) is 3.04. The zero-order valence-corrected chi connectivity index (χ0v) is 13.1. The Balaban J connectivity index is 2.21. The second-order valence-electron chi connectivity index (χ2n) is 4.43. The minimum absolute atomic E-state index is 0.0155. The standard InChI is InChI=1S/C15H15ClIN/c1-10-6-7-11(13(16)8-10)9-15(18)12-4-2-3-5-14(12)17/h2-8,15H,9,18H2,1H3. The molecule has 2 aromatic rings. The van der Waals surface area contributed by atoms with Gasteiger partial charge in [0.15, 0.2) is 0 Å². The number of aryl methyl sites for hydroxylation is 1. The van der Waals surface area contributed by atoms with E-state index in [1.165, 1.54) is 14.7 Å². The quantitative estimate of drug-likeness (QED) is 0.790. The average Bonchev–Trinajstić information content (AvgIpc) is 2.33. The lowest BCUT2D eigenvalue weighted by Crippen LogP contribution is -2.14. The first-order valence-electron chi connectivity index (χ1n) is 5.83. The van der Waals surface area contributed by atoms with Gasteiger partial charge in [-0.2, -0.15) is 0 Å². The molecule has 94 valence electrons. The smallest absolute Gasteiger partial charge is 0.0441 e. The molecule has 2 rings (SSSR count). The Bertz CT molecular complexity index is 554. The van der Waals surface area contributed by atoms with Gasteiger partial charge < -0.3 is 5.73 Å². The molecular formula is C15H15ClIN. The lowest BCUT2D eigenvalue weighted by atomic mass is 9.99. The minimum Gasteiger partial charge on any atom is -0.324 e. The van der Waals surface area contributed by atoms with Gasteiger partial charge in [-0.15, -0.1) is 0 Å². The van der Waals surface area contributed by atoms with Gasteiger partial charge in [0.25, 0.3) is 0 Å². The van der Waals surface area contributed by atoms with E-state index in [1.54, 1.807) is 0 Å². The lowest BCUT2D eigenvalue weighted by Gasteiger charge is -2.15. The normalized spacial score (nSPS) is 12.4. The van der Waals surface area contributed by atoms with Crippen molar-refractivity contribution in [3.8, 4) is 0 Å². The maximum atomic E-state index is 6.27. The van der Waals surface area contributed by atoms with Gasteiger partial charge in [-0.1, -0.05) is 41.9 Å². The van der Waals surface area contributed by atoms with Crippen LogP contribution in [-0.2, 0) is 6.42 Å². The molecule has 0 aliphatic rings. The van der Waals surface area contributed by atoms with E-state index in [2.05, 4.69) is 46.9 Å². The molecular weight excluding hydrogens is 357 g/mol. The van der Waals surface area contributed by atoms with Gasteiger partial charge >= 0.3 is 0 Å². The van der Waals surface area contributed by atoms with Gasteiger partial charge in [0.2, 0.25) is 0 Å². The summed E-state index contributed by atoms with van der Waals surface area (Å²) in [7, 11) is 0. The van der Waals surface area contributed by atoms with Gasteiger partial charge in [-0.05, 0) is 64.8 Å². The van der Waals surface area contributed by atoms with Gasteiger partial charge in [-0.25, -0.2) is 0 Å². The first-order chi connectivity index (χ1) is 8.58. The van der Waals surface area contributed by atoms with Crippen molar-refractivity contribution in [1.29, 1.82) is 0 Å². The summed E-state index contributed by atoms with van der Waals surface area (Å²) < 4.78 is 1.20. The Hall–Kier alpha value is -0.580. The van der Waals surface area contributed by atoms with E-state index < -0.39 is 0 Å². The Kier molecular flexibility index (Phi) is 4.65. The molecule has 0 saturated carbocycles. The molecule has 1 unspecified atom stereocenters. The van der Waals surface area contributed by atoms with Gasteiger partial charge in [-0.3, -0.25) is 0 Å². The van der Waals surface area contributed by atoms with E-state index in [1.807, 2.05) is 25.1 Å². The van der Waals surface area contributed by atoms with Crippen LogP contribution in [-0.4, -0.2) is 0 Å². The SMILES string of the molecule is Cc1ccc(CC(N)c2ccccc2I)c(Cl)c1. The molecule has 0 saturated heterocycles. The third-order valence-corrected chi connectivity index (χ3v) is 4.29. The average molecular weight is 372 g/mol. The number of hydrogen-bond acceptors (Lipinski definition) is 1. The van der Waals surface area contributed by atoms with Crippen LogP contribution in [0.4, 0.5) is 0 Å². The molecule has 1 nitrogen and oxygen atoms in total. The van der Waals surface area contributed by atoms with Crippen molar-refractivity contribution in [2.75, 3.05) is 0 Å². The number of hydrogen-bond donors (Lipinski definition) is 1. The predicted octanol–water partition coefficient (Wildman–Crippen LogP) is 4.50. The molecule has 1 atom stereocenters. The summed E-state index contributed by atoms with van der Waals surface area (Å²) in [6, 6.07) is 14.3. The third kappa shape index (κ3) is 3.25. The number of rotatable bonds is 3. The highest BCUT2D eigenvalue weighted by molar-refractivity contribution is 14.1. The Morgan fingerprint density at radius 2 is 1.94 bits per heavy atom. The molecule has 0 spiro atoms. The molecule has 18 heavy (non-hydrogen) atoms. The highest BCUT2D eigenvalue weighted by atomic mass is 127. The molecule has 2 N–H and O–H groups in total. The summed E-state index contributed by atoms with van der Waals surface area (Å²) in [4.78, 5) is 0. The monoisotopic (exact) mass is 371 g/mol. The molecule has 0 fully saturated rings. The van der Waals surface area contributed by atoms with E-state index in [0.29, 0.717) is 0 Å². The largest absolute Gasteiger partial charge is 0.324 e. The Morgan fingerprint density at radius 1 is 1.22 bits per heavy atom. The van der Waals surface area contributed by atoms with E-state index >= 15 is 0 Å². The van der Waals surface area contributed by atoms with Crippen LogP contribution < -0.4 is 5.73 Å². The summed E-state index contributed by atoms with van der Waals surface area (Å²) >= 11 is 8.56. The van der Waals surface area contributed by atoms with Crippen molar-refractivity contribution in [3.05, 3.63) is 67.7 Å². The predicted molar refractivity (Wildman–Crippen MR) is 86.0 cm³/mol. The van der Waals surface area contributed by atoms with Gasteiger partial charge in [0.1, 0.15) is 0 Å². The van der Waals surface area contributed by atoms with Crippen molar-refractivity contribution in [2.24, 2.45) is 5.73 Å². The second-order valence-corrected chi connectivity index (χ2v) is 6.00. The molecule has 0 aliphatic carbocycles. The van der Waals surface area contributed by atoms with Crippen molar-refractivity contribution in [3.63, 3.8) is 0 Å². The zero-order chi connectivity index (χ0) is 13.1. The fourth-order valence-electron chi connectivity index (χ4n) is 1.94. The zero-order valence-electron chi connectivity index (χ0n) is 10.2. The Labute approximate surface area is 126 Å². The van der Waals surface area contributed by atoms with Gasteiger partial charge in [0, 0.05) is 14.6 Å². The molecule has 0 aromatic heterocycles. The molecule has 0 radical (unpaired) electrons. The molecule has 0 amide bonds. The molecule has 3 heteroatoms. The number of nitrogens with two attached hydrogens (primary N) is 1. The summed E-state index contributed by atoms with van der Waals surface area (Å²) in [6.45, 7) is 2.04. The molecule has 0 heterocycles. The maximum absolute atomic E-state index is 6.27. The molecule has 0 aliphatic heterocycles. The number of benzene rings is 2. The van der Waals surface area contributed by atoms with Crippen molar-refractivity contribution < 1.29 is 0 Å². The van der Waals surface area contributed by atoms with Crippen molar-refractivity contribution in [2.45, 2.75) is 19.4 Å².